The zero-order valence-electron chi connectivity index (χ0n) is 9.33. The Kier molecular flexibility index (Phi) is 2.63. The van der Waals surface area contributed by atoms with Crippen LogP contribution in [0.1, 0.15) is 31.7 Å². The van der Waals surface area contributed by atoms with E-state index in [1.165, 1.54) is 16.7 Å². The maximum atomic E-state index is 5.99. The zero-order valence-corrected chi connectivity index (χ0v) is 9.33. The fourth-order valence-corrected chi connectivity index (χ4v) is 2.27. The highest BCUT2D eigenvalue weighted by molar-refractivity contribution is 5.51. The van der Waals surface area contributed by atoms with Crippen LogP contribution in [0.15, 0.2) is 47.6 Å². The van der Waals surface area contributed by atoms with Crippen molar-refractivity contribution in [1.29, 1.82) is 0 Å². The van der Waals surface area contributed by atoms with Crippen molar-refractivity contribution in [3.05, 3.63) is 53.1 Å². The summed E-state index contributed by atoms with van der Waals surface area (Å²) in [6.45, 7) is 4.33. The first-order valence-electron chi connectivity index (χ1n) is 5.37. The molecule has 1 aliphatic carbocycles. The SMILES string of the molecule is CC1=CC(c2ccccc2N)CC(C)=C1. The van der Waals surface area contributed by atoms with Crippen LogP contribution < -0.4 is 5.73 Å². The second-order valence-electron chi connectivity index (χ2n) is 4.34. The second kappa shape index (κ2) is 3.93. The van der Waals surface area contributed by atoms with Gasteiger partial charge in [0.2, 0.25) is 0 Å². The zero-order chi connectivity index (χ0) is 10.8. The Labute approximate surface area is 91.3 Å². The summed E-state index contributed by atoms with van der Waals surface area (Å²) in [5.41, 5.74) is 10.9. The number of para-hydroxylation sites is 1. The number of anilines is 1. The lowest BCUT2D eigenvalue weighted by molar-refractivity contribution is 0.806. The van der Waals surface area contributed by atoms with Crippen LogP contribution in [0.3, 0.4) is 0 Å². The summed E-state index contributed by atoms with van der Waals surface area (Å²) in [5.74, 6) is 0.455. The monoisotopic (exact) mass is 199 g/mol. The molecule has 1 atom stereocenters. The van der Waals surface area contributed by atoms with E-state index in [2.05, 4.69) is 38.1 Å². The van der Waals surface area contributed by atoms with Crippen molar-refractivity contribution < 1.29 is 0 Å². The fourth-order valence-electron chi connectivity index (χ4n) is 2.27. The molecule has 0 bridgehead atoms. The Balaban J connectivity index is 2.35. The molecule has 1 heteroatoms. The molecule has 0 spiro atoms. The highest BCUT2D eigenvalue weighted by Crippen LogP contribution is 2.33. The lowest BCUT2D eigenvalue weighted by Crippen LogP contribution is -2.04. The molecule has 0 fully saturated rings. The molecule has 1 aromatic rings. The first-order chi connectivity index (χ1) is 7.16. The molecular formula is C14H17N. The molecule has 2 N–H and O–H groups in total. The molecule has 2 rings (SSSR count). The molecule has 0 aliphatic heterocycles. The van der Waals surface area contributed by atoms with Crippen LogP contribution in [0.5, 0.6) is 0 Å². The van der Waals surface area contributed by atoms with Crippen LogP contribution in [0.2, 0.25) is 0 Å². The number of hydrogen-bond donors (Lipinski definition) is 1. The van der Waals surface area contributed by atoms with Crippen molar-refractivity contribution in [2.45, 2.75) is 26.2 Å². The predicted molar refractivity (Wildman–Crippen MR) is 65.7 cm³/mol. The van der Waals surface area contributed by atoms with Gasteiger partial charge in [0.05, 0.1) is 0 Å². The normalized spacial score (nSPS) is 20.8. The topological polar surface area (TPSA) is 26.0 Å². The molecule has 0 saturated carbocycles. The van der Waals surface area contributed by atoms with Gasteiger partial charge >= 0.3 is 0 Å². The minimum atomic E-state index is 0.455. The number of hydrogen-bond acceptors (Lipinski definition) is 1. The predicted octanol–water partition coefficient (Wildman–Crippen LogP) is 3.65. The van der Waals surface area contributed by atoms with Crippen LogP contribution in [-0.2, 0) is 0 Å². The lowest BCUT2D eigenvalue weighted by Gasteiger charge is -2.20. The molecule has 0 aromatic heterocycles. The Bertz CT molecular complexity index is 427. The van der Waals surface area contributed by atoms with Gasteiger partial charge in [0.15, 0.2) is 0 Å². The van der Waals surface area contributed by atoms with E-state index < -0.39 is 0 Å². The summed E-state index contributed by atoms with van der Waals surface area (Å²) < 4.78 is 0. The number of allylic oxidation sites excluding steroid dienone is 4. The van der Waals surface area contributed by atoms with Crippen LogP contribution in [0.4, 0.5) is 5.69 Å². The molecule has 15 heavy (non-hydrogen) atoms. The number of rotatable bonds is 1. The van der Waals surface area contributed by atoms with Crippen molar-refractivity contribution in [2.24, 2.45) is 0 Å². The Morgan fingerprint density at radius 1 is 1.20 bits per heavy atom. The average molecular weight is 199 g/mol. The minimum absolute atomic E-state index is 0.455. The highest BCUT2D eigenvalue weighted by Gasteiger charge is 2.15. The van der Waals surface area contributed by atoms with Gasteiger partial charge in [0.25, 0.3) is 0 Å². The van der Waals surface area contributed by atoms with Crippen molar-refractivity contribution in [3.8, 4) is 0 Å². The largest absolute Gasteiger partial charge is 0.398 e. The summed E-state index contributed by atoms with van der Waals surface area (Å²) in [6, 6.07) is 8.15. The lowest BCUT2D eigenvalue weighted by atomic mass is 9.86. The molecule has 1 nitrogen and oxygen atoms in total. The Morgan fingerprint density at radius 2 is 1.93 bits per heavy atom. The van der Waals surface area contributed by atoms with Gasteiger partial charge in [-0.05, 0) is 31.9 Å². The van der Waals surface area contributed by atoms with E-state index in [-0.39, 0.29) is 0 Å². The van der Waals surface area contributed by atoms with Crippen LogP contribution >= 0.6 is 0 Å². The molecule has 0 radical (unpaired) electrons. The van der Waals surface area contributed by atoms with E-state index in [1.807, 2.05) is 12.1 Å². The van der Waals surface area contributed by atoms with Crippen molar-refractivity contribution >= 4 is 5.69 Å². The minimum Gasteiger partial charge on any atom is -0.398 e. The van der Waals surface area contributed by atoms with Gasteiger partial charge in [0.1, 0.15) is 0 Å². The fraction of sp³-hybridized carbons (Fsp3) is 0.286. The third kappa shape index (κ3) is 2.12. The summed E-state index contributed by atoms with van der Waals surface area (Å²) >= 11 is 0. The number of nitrogen functional groups attached to an aromatic ring is 1. The molecule has 78 valence electrons. The molecule has 1 unspecified atom stereocenters. The van der Waals surface area contributed by atoms with Crippen LogP contribution in [-0.4, -0.2) is 0 Å². The maximum Gasteiger partial charge on any atom is 0.0352 e. The average Bonchev–Trinajstić information content (AvgIpc) is 2.16. The van der Waals surface area contributed by atoms with Crippen molar-refractivity contribution in [2.75, 3.05) is 5.73 Å². The van der Waals surface area contributed by atoms with Gasteiger partial charge in [-0.25, -0.2) is 0 Å². The van der Waals surface area contributed by atoms with Crippen LogP contribution in [0, 0.1) is 0 Å². The van der Waals surface area contributed by atoms with Crippen molar-refractivity contribution in [3.63, 3.8) is 0 Å². The van der Waals surface area contributed by atoms with E-state index >= 15 is 0 Å². The molecule has 1 aliphatic rings. The number of benzene rings is 1. The Morgan fingerprint density at radius 3 is 2.60 bits per heavy atom. The van der Waals surface area contributed by atoms with Gasteiger partial charge in [-0.2, -0.15) is 0 Å². The molecular weight excluding hydrogens is 182 g/mol. The van der Waals surface area contributed by atoms with E-state index in [4.69, 9.17) is 5.73 Å². The van der Waals surface area contributed by atoms with Crippen molar-refractivity contribution in [1.82, 2.24) is 0 Å². The van der Waals surface area contributed by atoms with Crippen LogP contribution in [0.25, 0.3) is 0 Å². The first-order valence-corrected chi connectivity index (χ1v) is 5.37. The molecule has 0 heterocycles. The standard InChI is InChI=1S/C14H17N/c1-10-7-11(2)9-12(8-10)13-5-3-4-6-14(13)15/h3-8,12H,9,15H2,1-2H3. The summed E-state index contributed by atoms with van der Waals surface area (Å²) in [7, 11) is 0. The van der Waals surface area contributed by atoms with Gasteiger partial charge in [-0.3, -0.25) is 0 Å². The van der Waals surface area contributed by atoms with Gasteiger partial charge in [0, 0.05) is 11.6 Å². The third-order valence-electron chi connectivity index (χ3n) is 2.88. The van der Waals surface area contributed by atoms with Gasteiger partial charge < -0.3 is 5.73 Å². The second-order valence-corrected chi connectivity index (χ2v) is 4.34. The summed E-state index contributed by atoms with van der Waals surface area (Å²) in [4.78, 5) is 0. The first kappa shape index (κ1) is 10.0. The maximum absolute atomic E-state index is 5.99. The smallest absolute Gasteiger partial charge is 0.0352 e. The molecule has 0 saturated heterocycles. The van der Waals surface area contributed by atoms with Gasteiger partial charge in [-0.15, -0.1) is 0 Å². The Hall–Kier alpha value is -1.50. The van der Waals surface area contributed by atoms with E-state index in [0.29, 0.717) is 5.92 Å². The highest BCUT2D eigenvalue weighted by atomic mass is 14.6. The third-order valence-corrected chi connectivity index (χ3v) is 2.88. The number of nitrogens with two attached hydrogens (primary N) is 1. The quantitative estimate of drug-likeness (QED) is 0.686. The van der Waals surface area contributed by atoms with E-state index in [1.54, 1.807) is 0 Å². The van der Waals surface area contributed by atoms with E-state index in [0.717, 1.165) is 12.1 Å². The molecule has 0 amide bonds. The summed E-state index contributed by atoms with van der Waals surface area (Å²) in [5, 5.41) is 0. The molecule has 1 aromatic carbocycles. The summed E-state index contributed by atoms with van der Waals surface area (Å²) in [6.07, 6.45) is 5.64. The van der Waals surface area contributed by atoms with Gasteiger partial charge in [-0.1, -0.05) is 41.5 Å². The van der Waals surface area contributed by atoms with E-state index in [9.17, 15) is 0 Å².